The summed E-state index contributed by atoms with van der Waals surface area (Å²) < 4.78 is 6.11. The van der Waals surface area contributed by atoms with Gasteiger partial charge in [-0.1, -0.05) is 43.2 Å². The molecule has 2 aromatic carbocycles. The van der Waals surface area contributed by atoms with Gasteiger partial charge >= 0.3 is 5.97 Å². The summed E-state index contributed by atoms with van der Waals surface area (Å²) in [5.41, 5.74) is 6.41. The number of halogens is 1. The van der Waals surface area contributed by atoms with Gasteiger partial charge < -0.3 is 19.7 Å². The van der Waals surface area contributed by atoms with Crippen molar-refractivity contribution in [2.75, 3.05) is 31.1 Å². The Morgan fingerprint density at radius 1 is 1.14 bits per heavy atom. The van der Waals surface area contributed by atoms with E-state index in [1.54, 1.807) is 12.3 Å². The predicted octanol–water partition coefficient (Wildman–Crippen LogP) is 7.88. The molecular formula is C34H37ClN4O3. The first-order valence-corrected chi connectivity index (χ1v) is 15.0. The van der Waals surface area contributed by atoms with E-state index in [0.717, 1.165) is 60.8 Å². The molecule has 218 valence electrons. The fourth-order valence-electron chi connectivity index (χ4n) is 6.35. The summed E-state index contributed by atoms with van der Waals surface area (Å²) in [6, 6.07) is 17.7. The average Bonchev–Trinajstić information content (AvgIpc) is 3.42. The third-order valence-corrected chi connectivity index (χ3v) is 8.89. The Morgan fingerprint density at radius 2 is 1.95 bits per heavy atom. The summed E-state index contributed by atoms with van der Waals surface area (Å²) in [4.78, 5) is 24.4. The quantitative estimate of drug-likeness (QED) is 0.230. The molecule has 2 aromatic heterocycles. The number of carboxylic acid groups (broad SMARTS) is 1. The smallest absolute Gasteiger partial charge is 0.339 e. The maximum Gasteiger partial charge on any atom is 0.339 e. The van der Waals surface area contributed by atoms with Crippen molar-refractivity contribution in [1.29, 1.82) is 0 Å². The minimum absolute atomic E-state index is 0.126. The minimum Gasteiger partial charge on any atom is -0.478 e. The lowest BCUT2D eigenvalue weighted by atomic mass is 9.72. The number of H-pyrrole nitrogens is 1. The van der Waals surface area contributed by atoms with Crippen LogP contribution in [0, 0.1) is 5.41 Å². The van der Waals surface area contributed by atoms with E-state index in [2.05, 4.69) is 52.7 Å². The van der Waals surface area contributed by atoms with Gasteiger partial charge in [-0.3, -0.25) is 4.90 Å². The molecule has 3 heterocycles. The highest BCUT2D eigenvalue weighted by molar-refractivity contribution is 6.30. The van der Waals surface area contributed by atoms with E-state index in [9.17, 15) is 9.90 Å². The zero-order valence-corrected chi connectivity index (χ0v) is 25.1. The van der Waals surface area contributed by atoms with Crippen molar-refractivity contribution in [2.45, 2.75) is 46.1 Å². The third kappa shape index (κ3) is 6.03. The number of ether oxygens (including phenoxy) is 1. The molecule has 1 aliphatic heterocycles. The topological polar surface area (TPSA) is 81.7 Å². The molecule has 0 spiro atoms. The molecule has 2 N–H and O–H groups in total. The largest absolute Gasteiger partial charge is 0.478 e. The highest BCUT2D eigenvalue weighted by Crippen LogP contribution is 2.43. The number of aromatic carboxylic acids is 1. The van der Waals surface area contributed by atoms with Crippen LogP contribution in [0.4, 0.5) is 5.69 Å². The van der Waals surface area contributed by atoms with Crippen LogP contribution in [0.1, 0.15) is 56.0 Å². The van der Waals surface area contributed by atoms with Gasteiger partial charge in [0.05, 0.1) is 6.20 Å². The van der Waals surface area contributed by atoms with E-state index in [1.165, 1.54) is 23.1 Å². The predicted molar refractivity (Wildman–Crippen MR) is 169 cm³/mol. The lowest BCUT2D eigenvalue weighted by molar-refractivity contribution is 0.0694. The minimum atomic E-state index is -1.02. The SMILES string of the molecule is C[C@@H]1CN(CC2=C(c3ccc(Cl)cc3)CC(C)(C)CC2)CCN1c1ccc(C(=O)O)c(Oc2cnc3[nH]ccc3c2)c1. The molecule has 1 saturated heterocycles. The second-order valence-corrected chi connectivity index (χ2v) is 12.8. The summed E-state index contributed by atoms with van der Waals surface area (Å²) in [7, 11) is 0. The van der Waals surface area contributed by atoms with Crippen LogP contribution in [0.3, 0.4) is 0 Å². The van der Waals surface area contributed by atoms with Gasteiger partial charge in [0.1, 0.15) is 22.7 Å². The molecule has 1 aliphatic carbocycles. The number of allylic oxidation sites excluding steroid dienone is 1. The zero-order chi connectivity index (χ0) is 29.4. The second kappa shape index (κ2) is 11.5. The average molecular weight is 585 g/mol. The first-order chi connectivity index (χ1) is 20.1. The van der Waals surface area contributed by atoms with Crippen LogP contribution in [0.2, 0.25) is 5.02 Å². The summed E-state index contributed by atoms with van der Waals surface area (Å²) in [6.07, 6.45) is 6.80. The van der Waals surface area contributed by atoms with Crippen molar-refractivity contribution < 1.29 is 14.6 Å². The van der Waals surface area contributed by atoms with Gasteiger partial charge in [-0.05, 0) is 79.1 Å². The fourth-order valence-corrected chi connectivity index (χ4v) is 6.47. The number of nitrogens with one attached hydrogen (secondary N) is 1. The van der Waals surface area contributed by atoms with E-state index < -0.39 is 5.97 Å². The molecule has 1 fully saturated rings. The van der Waals surface area contributed by atoms with E-state index in [-0.39, 0.29) is 17.0 Å². The Bertz CT molecular complexity index is 1640. The van der Waals surface area contributed by atoms with Crippen LogP contribution in [0.5, 0.6) is 11.5 Å². The first-order valence-electron chi connectivity index (χ1n) is 14.6. The van der Waals surface area contributed by atoms with Crippen LogP contribution in [0.15, 0.2) is 72.6 Å². The number of benzene rings is 2. The van der Waals surface area contributed by atoms with Crippen LogP contribution < -0.4 is 9.64 Å². The lowest BCUT2D eigenvalue weighted by Crippen LogP contribution is -2.52. The Hall–Kier alpha value is -3.81. The van der Waals surface area contributed by atoms with Crippen molar-refractivity contribution >= 4 is 39.9 Å². The van der Waals surface area contributed by atoms with Gasteiger partial charge in [0.15, 0.2) is 0 Å². The Morgan fingerprint density at radius 3 is 2.71 bits per heavy atom. The van der Waals surface area contributed by atoms with Crippen molar-refractivity contribution in [3.8, 4) is 11.5 Å². The Labute approximate surface area is 251 Å². The molecule has 42 heavy (non-hydrogen) atoms. The maximum absolute atomic E-state index is 12.0. The number of hydrogen-bond donors (Lipinski definition) is 2. The highest BCUT2D eigenvalue weighted by Gasteiger charge is 2.31. The molecule has 2 aliphatic rings. The van der Waals surface area contributed by atoms with E-state index >= 15 is 0 Å². The number of piperazine rings is 1. The van der Waals surface area contributed by atoms with E-state index in [0.29, 0.717) is 11.5 Å². The monoisotopic (exact) mass is 584 g/mol. The number of fused-ring (bicyclic) bond motifs is 1. The maximum atomic E-state index is 12.0. The highest BCUT2D eigenvalue weighted by atomic mass is 35.5. The molecule has 0 bridgehead atoms. The van der Waals surface area contributed by atoms with Gasteiger partial charge in [-0.25, -0.2) is 9.78 Å². The van der Waals surface area contributed by atoms with Crippen molar-refractivity contribution in [1.82, 2.24) is 14.9 Å². The van der Waals surface area contributed by atoms with Crippen LogP contribution in [-0.4, -0.2) is 58.2 Å². The summed E-state index contributed by atoms with van der Waals surface area (Å²) in [5, 5.41) is 11.5. The second-order valence-electron chi connectivity index (χ2n) is 12.4. The molecule has 0 radical (unpaired) electrons. The standard InChI is InChI=1S/C34H37ClN4O3/c1-22-20-38(21-25-10-12-34(2,3)18-30(25)23-4-6-26(35)7-5-23)14-15-39(22)27-8-9-29(33(40)41)31(17-27)42-28-16-24-11-13-36-32(24)37-19-28/h4-9,11,13,16-17,19,22H,10,12,14-15,18,20-21H2,1-3H3,(H,36,37)(H,40,41)/t22-/m1/s1. The lowest BCUT2D eigenvalue weighted by Gasteiger charge is -2.43. The summed E-state index contributed by atoms with van der Waals surface area (Å²) in [6.45, 7) is 10.6. The molecule has 0 amide bonds. The molecule has 8 heteroatoms. The number of hydrogen-bond acceptors (Lipinski definition) is 5. The van der Waals surface area contributed by atoms with Gasteiger partial charge in [-0.15, -0.1) is 0 Å². The van der Waals surface area contributed by atoms with Crippen LogP contribution in [-0.2, 0) is 0 Å². The van der Waals surface area contributed by atoms with Gasteiger partial charge in [-0.2, -0.15) is 0 Å². The number of carbonyl (C=O) groups is 1. The third-order valence-electron chi connectivity index (χ3n) is 8.63. The summed E-state index contributed by atoms with van der Waals surface area (Å²) in [5.74, 6) is -0.209. The van der Waals surface area contributed by atoms with Crippen molar-refractivity contribution in [2.24, 2.45) is 5.41 Å². The van der Waals surface area contributed by atoms with E-state index in [4.69, 9.17) is 16.3 Å². The zero-order valence-electron chi connectivity index (χ0n) is 24.4. The summed E-state index contributed by atoms with van der Waals surface area (Å²) >= 11 is 6.20. The van der Waals surface area contributed by atoms with E-state index in [1.807, 2.05) is 42.6 Å². The van der Waals surface area contributed by atoms with Gasteiger partial charge in [0, 0.05) is 60.6 Å². The Kier molecular flexibility index (Phi) is 7.73. The Balaban J connectivity index is 1.20. The number of aromatic amines is 1. The van der Waals surface area contributed by atoms with Crippen LogP contribution >= 0.6 is 11.6 Å². The molecule has 1 atom stereocenters. The molecule has 7 nitrogen and oxygen atoms in total. The van der Waals surface area contributed by atoms with Crippen molar-refractivity contribution in [3.05, 3.63) is 88.7 Å². The van der Waals surface area contributed by atoms with Gasteiger partial charge in [0.25, 0.3) is 0 Å². The molecular weight excluding hydrogens is 548 g/mol. The normalized spacial score (nSPS) is 19.3. The number of anilines is 1. The fraction of sp³-hybridized carbons (Fsp3) is 0.353. The van der Waals surface area contributed by atoms with Crippen LogP contribution in [0.25, 0.3) is 16.6 Å². The molecule has 0 saturated carbocycles. The first kappa shape index (κ1) is 28.3. The molecule has 0 unspecified atom stereocenters. The molecule has 6 rings (SSSR count). The molecule has 4 aromatic rings. The number of carboxylic acids is 1. The van der Waals surface area contributed by atoms with Crippen molar-refractivity contribution in [3.63, 3.8) is 0 Å². The number of rotatable bonds is 7. The number of pyridine rings is 1. The number of nitrogens with zero attached hydrogens (tertiary/aromatic N) is 3. The number of aromatic nitrogens is 2. The van der Waals surface area contributed by atoms with Gasteiger partial charge in [0.2, 0.25) is 0 Å².